The number of ether oxygens (including phenoxy) is 1. The zero-order valence-electron chi connectivity index (χ0n) is 20.3. The zero-order valence-corrected chi connectivity index (χ0v) is 21.1. The Hall–Kier alpha value is -3.36. The lowest BCUT2D eigenvalue weighted by Gasteiger charge is -2.37. The van der Waals surface area contributed by atoms with Crippen molar-refractivity contribution in [2.24, 2.45) is 0 Å². The number of methoxy groups -OCH3 is 1. The predicted octanol–water partition coefficient (Wildman–Crippen LogP) is 3.75. The summed E-state index contributed by atoms with van der Waals surface area (Å²) in [5.41, 5.74) is 5.15. The van der Waals surface area contributed by atoms with E-state index in [1.54, 1.807) is 42.5 Å². The molecule has 0 spiro atoms. The van der Waals surface area contributed by atoms with Crippen LogP contribution in [0.1, 0.15) is 27.0 Å². The average molecular weight is 494 g/mol. The van der Waals surface area contributed by atoms with Crippen molar-refractivity contribution in [1.29, 1.82) is 0 Å². The van der Waals surface area contributed by atoms with Crippen LogP contribution in [0.5, 0.6) is 5.75 Å². The molecular formula is C27H31N3O4S. The molecular weight excluding hydrogens is 462 g/mol. The van der Waals surface area contributed by atoms with Gasteiger partial charge in [0.2, 0.25) is 10.0 Å². The fraction of sp³-hybridized carbons (Fsp3) is 0.296. The molecule has 3 aromatic rings. The fourth-order valence-corrected chi connectivity index (χ4v) is 5.46. The first-order valence-electron chi connectivity index (χ1n) is 11.6. The molecule has 3 aromatic carbocycles. The van der Waals surface area contributed by atoms with Crippen LogP contribution >= 0.6 is 0 Å². The molecule has 0 bridgehead atoms. The lowest BCUT2D eigenvalue weighted by Crippen LogP contribution is -2.49. The number of rotatable bonds is 7. The summed E-state index contributed by atoms with van der Waals surface area (Å²) >= 11 is 0. The quantitative estimate of drug-likeness (QED) is 0.542. The molecule has 0 unspecified atom stereocenters. The molecule has 0 aliphatic carbocycles. The van der Waals surface area contributed by atoms with E-state index in [0.29, 0.717) is 24.4 Å². The van der Waals surface area contributed by atoms with Gasteiger partial charge in [0.15, 0.2) is 0 Å². The summed E-state index contributed by atoms with van der Waals surface area (Å²) in [4.78, 5) is 17.3. The standard InChI is InChI=1S/C27H31N3O4S/c1-20-7-6-8-24(21(20)2)29-15-17-30(18-16-29)27(31)23-13-11-22(12-14-23)19-28-35(32,33)26-10-5-4-9-25(26)34-3/h4-14,28H,15-19H2,1-3H3. The van der Waals surface area contributed by atoms with Gasteiger partial charge in [-0.2, -0.15) is 0 Å². The van der Waals surface area contributed by atoms with Crippen molar-refractivity contribution in [2.45, 2.75) is 25.3 Å². The number of amides is 1. The van der Waals surface area contributed by atoms with Gasteiger partial charge < -0.3 is 14.5 Å². The van der Waals surface area contributed by atoms with Gasteiger partial charge in [0.05, 0.1) is 7.11 Å². The van der Waals surface area contributed by atoms with Crippen LogP contribution in [0.2, 0.25) is 0 Å². The Morgan fingerprint density at radius 3 is 2.29 bits per heavy atom. The smallest absolute Gasteiger partial charge is 0.253 e. The number of nitrogens with one attached hydrogen (secondary N) is 1. The van der Waals surface area contributed by atoms with Gasteiger partial charge in [-0.3, -0.25) is 4.79 Å². The van der Waals surface area contributed by atoms with Gasteiger partial charge >= 0.3 is 0 Å². The third-order valence-electron chi connectivity index (χ3n) is 6.51. The Kier molecular flexibility index (Phi) is 7.42. The normalized spacial score (nSPS) is 14.1. The molecule has 0 radical (unpaired) electrons. The summed E-state index contributed by atoms with van der Waals surface area (Å²) in [5, 5.41) is 0. The van der Waals surface area contributed by atoms with Crippen molar-refractivity contribution in [1.82, 2.24) is 9.62 Å². The van der Waals surface area contributed by atoms with E-state index in [4.69, 9.17) is 4.74 Å². The summed E-state index contributed by atoms with van der Waals surface area (Å²) in [6, 6.07) is 19.9. The topological polar surface area (TPSA) is 78.9 Å². The Morgan fingerprint density at radius 2 is 1.60 bits per heavy atom. The van der Waals surface area contributed by atoms with E-state index in [1.807, 2.05) is 4.90 Å². The highest BCUT2D eigenvalue weighted by Crippen LogP contribution is 2.25. The highest BCUT2D eigenvalue weighted by molar-refractivity contribution is 7.89. The second kappa shape index (κ2) is 10.5. The average Bonchev–Trinajstić information content (AvgIpc) is 2.89. The van der Waals surface area contributed by atoms with Crippen molar-refractivity contribution < 1.29 is 17.9 Å². The maximum absolute atomic E-state index is 13.0. The number of benzene rings is 3. The van der Waals surface area contributed by atoms with Crippen LogP contribution in [-0.2, 0) is 16.6 Å². The van der Waals surface area contributed by atoms with Crippen molar-refractivity contribution in [3.63, 3.8) is 0 Å². The third-order valence-corrected chi connectivity index (χ3v) is 7.95. The molecule has 1 N–H and O–H groups in total. The summed E-state index contributed by atoms with van der Waals surface area (Å²) < 4.78 is 33.1. The number of para-hydroxylation sites is 1. The summed E-state index contributed by atoms with van der Waals surface area (Å²) in [5.74, 6) is 0.283. The van der Waals surface area contributed by atoms with E-state index in [1.165, 1.54) is 30.0 Å². The molecule has 1 fully saturated rings. The Balaban J connectivity index is 1.35. The van der Waals surface area contributed by atoms with Gasteiger partial charge in [-0.05, 0) is 60.9 Å². The van der Waals surface area contributed by atoms with Crippen molar-refractivity contribution >= 4 is 21.6 Å². The van der Waals surface area contributed by atoms with Gasteiger partial charge in [-0.1, -0.05) is 36.4 Å². The molecule has 1 aliphatic rings. The third kappa shape index (κ3) is 5.49. The van der Waals surface area contributed by atoms with E-state index in [-0.39, 0.29) is 17.3 Å². The molecule has 35 heavy (non-hydrogen) atoms. The van der Waals surface area contributed by atoms with Gasteiger partial charge in [0.25, 0.3) is 5.91 Å². The first-order chi connectivity index (χ1) is 16.8. The minimum Gasteiger partial charge on any atom is -0.495 e. The van der Waals surface area contributed by atoms with E-state index < -0.39 is 10.0 Å². The van der Waals surface area contributed by atoms with Gasteiger partial charge in [0, 0.05) is 44.0 Å². The number of aryl methyl sites for hydroxylation is 1. The lowest BCUT2D eigenvalue weighted by molar-refractivity contribution is 0.0746. The van der Waals surface area contributed by atoms with Gasteiger partial charge in [-0.25, -0.2) is 13.1 Å². The lowest BCUT2D eigenvalue weighted by atomic mass is 10.1. The van der Waals surface area contributed by atoms with Crippen LogP contribution in [0, 0.1) is 13.8 Å². The fourth-order valence-electron chi connectivity index (χ4n) is 4.27. The van der Waals surface area contributed by atoms with Crippen LogP contribution in [0.3, 0.4) is 0 Å². The van der Waals surface area contributed by atoms with Crippen LogP contribution < -0.4 is 14.4 Å². The number of nitrogens with zero attached hydrogens (tertiary/aromatic N) is 2. The number of hydrogen-bond donors (Lipinski definition) is 1. The van der Waals surface area contributed by atoms with Gasteiger partial charge in [-0.15, -0.1) is 0 Å². The van der Waals surface area contributed by atoms with E-state index >= 15 is 0 Å². The summed E-state index contributed by atoms with van der Waals surface area (Å²) in [7, 11) is -2.30. The highest BCUT2D eigenvalue weighted by atomic mass is 32.2. The molecule has 4 rings (SSSR count). The predicted molar refractivity (Wildman–Crippen MR) is 137 cm³/mol. The molecule has 1 heterocycles. The first kappa shape index (κ1) is 24.8. The van der Waals surface area contributed by atoms with Crippen LogP contribution in [0.25, 0.3) is 0 Å². The monoisotopic (exact) mass is 493 g/mol. The van der Waals surface area contributed by atoms with Crippen LogP contribution in [0.4, 0.5) is 5.69 Å². The van der Waals surface area contributed by atoms with E-state index in [2.05, 4.69) is 41.7 Å². The summed E-state index contributed by atoms with van der Waals surface area (Å²) in [6.45, 7) is 7.27. The maximum Gasteiger partial charge on any atom is 0.253 e. The molecule has 0 atom stereocenters. The van der Waals surface area contributed by atoms with E-state index in [0.717, 1.165) is 18.7 Å². The molecule has 184 valence electrons. The zero-order chi connectivity index (χ0) is 25.0. The molecule has 1 saturated heterocycles. The number of anilines is 1. The Morgan fingerprint density at radius 1 is 0.914 bits per heavy atom. The van der Waals surface area contributed by atoms with E-state index in [9.17, 15) is 13.2 Å². The number of carbonyl (C=O) groups is 1. The Bertz CT molecular complexity index is 1300. The maximum atomic E-state index is 13.0. The largest absolute Gasteiger partial charge is 0.495 e. The minimum atomic E-state index is -3.73. The SMILES string of the molecule is COc1ccccc1S(=O)(=O)NCc1ccc(C(=O)N2CCN(c3cccc(C)c3C)CC2)cc1. The second-order valence-corrected chi connectivity index (χ2v) is 10.4. The minimum absolute atomic E-state index is 0.00762. The molecule has 0 saturated carbocycles. The number of sulfonamides is 1. The molecule has 8 heteroatoms. The Labute approximate surface area is 207 Å². The molecule has 7 nitrogen and oxygen atoms in total. The number of piperazine rings is 1. The molecule has 1 amide bonds. The van der Waals surface area contributed by atoms with Crippen LogP contribution in [0.15, 0.2) is 71.6 Å². The van der Waals surface area contributed by atoms with Crippen molar-refractivity contribution in [2.75, 3.05) is 38.2 Å². The van der Waals surface area contributed by atoms with Gasteiger partial charge in [0.1, 0.15) is 10.6 Å². The number of carbonyl (C=O) groups excluding carboxylic acids is 1. The van der Waals surface area contributed by atoms with Crippen LogP contribution in [-0.4, -0.2) is 52.5 Å². The highest BCUT2D eigenvalue weighted by Gasteiger charge is 2.23. The first-order valence-corrected chi connectivity index (χ1v) is 13.1. The molecule has 0 aromatic heterocycles. The number of hydrogen-bond acceptors (Lipinski definition) is 5. The summed E-state index contributed by atoms with van der Waals surface area (Å²) in [6.07, 6.45) is 0. The van der Waals surface area contributed by atoms with Crippen molar-refractivity contribution in [3.8, 4) is 5.75 Å². The van der Waals surface area contributed by atoms with Crippen molar-refractivity contribution in [3.05, 3.63) is 89.0 Å². The second-order valence-electron chi connectivity index (χ2n) is 8.67. The molecule has 1 aliphatic heterocycles.